The van der Waals surface area contributed by atoms with Crippen LogP contribution in [0.1, 0.15) is 5.56 Å². The Morgan fingerprint density at radius 1 is 0.944 bits per heavy atom. The van der Waals surface area contributed by atoms with Crippen LogP contribution in [-0.2, 0) is 6.54 Å². The topological polar surface area (TPSA) is 12.0 Å². The lowest BCUT2D eigenvalue weighted by atomic mass is 10.0. The highest BCUT2D eigenvalue weighted by Crippen LogP contribution is 2.18. The van der Waals surface area contributed by atoms with Gasteiger partial charge >= 0.3 is 0 Å². The Hall–Kier alpha value is -2.08. The van der Waals surface area contributed by atoms with E-state index in [0.717, 1.165) is 13.1 Å². The van der Waals surface area contributed by atoms with Gasteiger partial charge in [0.2, 0.25) is 0 Å². The second kappa shape index (κ2) is 5.05. The minimum Gasteiger partial charge on any atom is -0.308 e. The van der Waals surface area contributed by atoms with E-state index in [0.29, 0.717) is 0 Å². The molecule has 2 aromatic rings. The van der Waals surface area contributed by atoms with E-state index >= 15 is 0 Å². The number of hydrogen-bond donors (Lipinski definition) is 1. The van der Waals surface area contributed by atoms with Crippen LogP contribution in [0.4, 0.5) is 0 Å². The molecule has 0 saturated heterocycles. The fourth-order valence-corrected chi connectivity index (χ4v) is 2.26. The van der Waals surface area contributed by atoms with Gasteiger partial charge in [-0.1, -0.05) is 48.5 Å². The van der Waals surface area contributed by atoms with E-state index < -0.39 is 0 Å². The standard InChI is InChI=1S/C17H15N/c1-2-7-14(6-1)12-18-13-16-10-5-9-15-8-3-4-11-17(15)16/h1-6,8-11,18H,12-13H2. The molecule has 1 heteroatoms. The van der Waals surface area contributed by atoms with Crippen molar-refractivity contribution >= 4 is 10.8 Å². The molecule has 0 aromatic heterocycles. The lowest BCUT2D eigenvalue weighted by Gasteiger charge is -2.07. The van der Waals surface area contributed by atoms with Crippen LogP contribution in [0.3, 0.4) is 0 Å². The monoisotopic (exact) mass is 233 g/mol. The summed E-state index contributed by atoms with van der Waals surface area (Å²) in [5.41, 5.74) is 5.76. The van der Waals surface area contributed by atoms with E-state index in [1.807, 2.05) is 12.2 Å². The van der Waals surface area contributed by atoms with Gasteiger partial charge in [-0.2, -0.15) is 0 Å². The quantitative estimate of drug-likeness (QED) is 0.796. The molecule has 88 valence electrons. The van der Waals surface area contributed by atoms with E-state index in [1.165, 1.54) is 21.9 Å². The molecule has 18 heavy (non-hydrogen) atoms. The molecule has 0 unspecified atom stereocenters. The Labute approximate surface area is 107 Å². The maximum Gasteiger partial charge on any atom is 0.0282 e. The van der Waals surface area contributed by atoms with E-state index in [1.54, 1.807) is 0 Å². The van der Waals surface area contributed by atoms with Crippen molar-refractivity contribution < 1.29 is 0 Å². The molecule has 0 amide bonds. The van der Waals surface area contributed by atoms with Crippen molar-refractivity contribution in [1.29, 1.82) is 0 Å². The van der Waals surface area contributed by atoms with Gasteiger partial charge in [0.25, 0.3) is 0 Å². The third kappa shape index (κ3) is 2.28. The molecule has 0 fully saturated rings. The van der Waals surface area contributed by atoms with Crippen LogP contribution < -0.4 is 5.32 Å². The van der Waals surface area contributed by atoms with E-state index in [-0.39, 0.29) is 0 Å². The number of benzene rings is 2. The zero-order chi connectivity index (χ0) is 12.2. The number of rotatable bonds is 4. The van der Waals surface area contributed by atoms with Crippen LogP contribution in [0.2, 0.25) is 0 Å². The number of allylic oxidation sites excluding steroid dienone is 1. The van der Waals surface area contributed by atoms with Crippen molar-refractivity contribution in [3.05, 3.63) is 77.6 Å². The van der Waals surface area contributed by atoms with Gasteiger partial charge in [-0.15, -0.1) is 5.73 Å². The first kappa shape index (κ1) is 11.0. The number of nitrogens with one attached hydrogen (secondary N) is 1. The summed E-state index contributed by atoms with van der Waals surface area (Å²) < 4.78 is 0. The van der Waals surface area contributed by atoms with Crippen LogP contribution in [0.15, 0.2) is 72.0 Å². The highest BCUT2D eigenvalue weighted by atomic mass is 14.8. The van der Waals surface area contributed by atoms with Gasteiger partial charge in [0, 0.05) is 18.7 Å². The SMILES string of the molecule is C1=CC=CC=1CNCc1cccc2ccccc12. The molecule has 1 nitrogen and oxygen atoms in total. The molecular weight excluding hydrogens is 218 g/mol. The minimum absolute atomic E-state index is 0.871. The molecule has 1 aliphatic rings. The summed E-state index contributed by atoms with van der Waals surface area (Å²) in [6.07, 6.45) is 6.07. The van der Waals surface area contributed by atoms with E-state index in [4.69, 9.17) is 0 Å². The average Bonchev–Trinajstić information content (AvgIpc) is 2.92. The second-order valence-electron chi connectivity index (χ2n) is 4.44. The van der Waals surface area contributed by atoms with E-state index in [9.17, 15) is 0 Å². The summed E-state index contributed by atoms with van der Waals surface area (Å²) >= 11 is 0. The lowest BCUT2D eigenvalue weighted by molar-refractivity contribution is 0.752. The number of hydrogen-bond acceptors (Lipinski definition) is 1. The van der Waals surface area contributed by atoms with Crippen molar-refractivity contribution in [2.24, 2.45) is 0 Å². The van der Waals surface area contributed by atoms with Crippen molar-refractivity contribution in [2.75, 3.05) is 6.54 Å². The van der Waals surface area contributed by atoms with Gasteiger partial charge in [0.05, 0.1) is 0 Å². The Balaban J connectivity index is 1.74. The van der Waals surface area contributed by atoms with Crippen molar-refractivity contribution in [3.8, 4) is 0 Å². The van der Waals surface area contributed by atoms with Crippen LogP contribution in [-0.4, -0.2) is 6.54 Å². The maximum absolute atomic E-state index is 3.46. The van der Waals surface area contributed by atoms with Crippen LogP contribution in [0, 0.1) is 0 Å². The first-order valence-electron chi connectivity index (χ1n) is 6.23. The summed E-state index contributed by atoms with van der Waals surface area (Å²) in [4.78, 5) is 0. The van der Waals surface area contributed by atoms with Gasteiger partial charge in [-0.05, 0) is 28.5 Å². The average molecular weight is 233 g/mol. The van der Waals surface area contributed by atoms with Crippen molar-refractivity contribution in [3.63, 3.8) is 0 Å². The molecular formula is C17H15N. The first-order valence-corrected chi connectivity index (χ1v) is 6.23. The van der Waals surface area contributed by atoms with E-state index in [2.05, 4.69) is 59.6 Å². The largest absolute Gasteiger partial charge is 0.308 e. The Kier molecular flexibility index (Phi) is 3.10. The molecule has 1 aliphatic carbocycles. The Bertz CT molecular complexity index is 653. The fraction of sp³-hybridized carbons (Fsp3) is 0.118. The third-order valence-corrected chi connectivity index (χ3v) is 3.17. The molecule has 0 spiro atoms. The van der Waals surface area contributed by atoms with Crippen LogP contribution in [0.25, 0.3) is 10.8 Å². The van der Waals surface area contributed by atoms with Crippen LogP contribution in [0.5, 0.6) is 0 Å². The molecule has 2 aromatic carbocycles. The molecule has 1 N–H and O–H groups in total. The molecule has 0 saturated carbocycles. The van der Waals surface area contributed by atoms with Gasteiger partial charge in [-0.25, -0.2) is 0 Å². The zero-order valence-electron chi connectivity index (χ0n) is 10.2. The first-order chi connectivity index (χ1) is 8.93. The minimum atomic E-state index is 0.871. The van der Waals surface area contributed by atoms with Gasteiger partial charge in [0.1, 0.15) is 0 Å². The molecule has 0 atom stereocenters. The molecule has 0 heterocycles. The molecule has 0 radical (unpaired) electrons. The summed E-state index contributed by atoms with van der Waals surface area (Å²) in [7, 11) is 0. The van der Waals surface area contributed by atoms with Crippen LogP contribution >= 0.6 is 0 Å². The highest BCUT2D eigenvalue weighted by molar-refractivity contribution is 5.85. The summed E-state index contributed by atoms with van der Waals surface area (Å²) in [5.74, 6) is 0. The summed E-state index contributed by atoms with van der Waals surface area (Å²) in [6, 6.07) is 15.0. The maximum atomic E-state index is 3.46. The molecule has 0 aliphatic heterocycles. The predicted molar refractivity (Wildman–Crippen MR) is 76.4 cm³/mol. The van der Waals surface area contributed by atoms with Crippen molar-refractivity contribution in [1.82, 2.24) is 5.32 Å². The highest BCUT2D eigenvalue weighted by Gasteiger charge is 2.00. The van der Waals surface area contributed by atoms with Gasteiger partial charge in [0.15, 0.2) is 0 Å². The normalized spacial score (nSPS) is 13.2. The Morgan fingerprint density at radius 3 is 2.72 bits per heavy atom. The smallest absolute Gasteiger partial charge is 0.0282 e. The predicted octanol–water partition coefficient (Wildman–Crippen LogP) is 3.58. The van der Waals surface area contributed by atoms with Gasteiger partial charge < -0.3 is 5.32 Å². The second-order valence-corrected chi connectivity index (χ2v) is 4.44. The fourth-order valence-electron chi connectivity index (χ4n) is 2.26. The summed E-state index contributed by atoms with van der Waals surface area (Å²) in [6.45, 7) is 1.76. The van der Waals surface area contributed by atoms with Crippen molar-refractivity contribution in [2.45, 2.75) is 6.54 Å². The Morgan fingerprint density at radius 2 is 1.83 bits per heavy atom. The summed E-state index contributed by atoms with van der Waals surface area (Å²) in [5, 5.41) is 6.10. The zero-order valence-corrected chi connectivity index (χ0v) is 10.2. The lowest BCUT2D eigenvalue weighted by Crippen LogP contribution is -2.15. The third-order valence-electron chi connectivity index (χ3n) is 3.17. The molecule has 0 bridgehead atoms. The van der Waals surface area contributed by atoms with Gasteiger partial charge in [-0.3, -0.25) is 0 Å². The number of fused-ring (bicyclic) bond motifs is 1. The molecule has 3 rings (SSSR count).